The van der Waals surface area contributed by atoms with Crippen LogP contribution in [0.4, 0.5) is 0 Å². The molecule has 8 heteroatoms. The Labute approximate surface area is 184 Å². The van der Waals surface area contributed by atoms with Crippen molar-refractivity contribution in [1.82, 2.24) is 24.1 Å². The molecule has 1 aliphatic carbocycles. The van der Waals surface area contributed by atoms with E-state index in [4.69, 9.17) is 14.5 Å². The third kappa shape index (κ3) is 3.36. The molecule has 164 valence electrons. The zero-order valence-corrected chi connectivity index (χ0v) is 17.8. The number of H-pyrrole nitrogens is 1. The minimum absolute atomic E-state index is 0.0637. The Bertz CT molecular complexity index is 1370. The number of ether oxygens (including phenoxy) is 2. The number of aromatic nitrogens is 5. The molecule has 0 aromatic carbocycles. The lowest BCUT2D eigenvalue weighted by molar-refractivity contribution is -0.0935. The minimum Gasteiger partial charge on any atom is -0.376 e. The Morgan fingerprint density at radius 2 is 2.03 bits per heavy atom. The highest BCUT2D eigenvalue weighted by Crippen LogP contribution is 2.28. The SMILES string of the molecule is O=c1n(C[C@@H]2COCCO2)c2cc(-c3cnc4[nH]ccc4c3)cnc2n1C1=CCCCC1. The summed E-state index contributed by atoms with van der Waals surface area (Å²) in [5, 5.41) is 1.04. The zero-order valence-electron chi connectivity index (χ0n) is 17.8. The summed E-state index contributed by atoms with van der Waals surface area (Å²) in [6.45, 7) is 2.08. The van der Waals surface area contributed by atoms with Crippen molar-refractivity contribution in [1.29, 1.82) is 0 Å². The molecule has 2 aliphatic rings. The van der Waals surface area contributed by atoms with Crippen LogP contribution in [-0.4, -0.2) is 50.0 Å². The summed E-state index contributed by atoms with van der Waals surface area (Å²) in [6, 6.07) is 6.13. The predicted molar refractivity (Wildman–Crippen MR) is 122 cm³/mol. The highest BCUT2D eigenvalue weighted by Gasteiger charge is 2.23. The van der Waals surface area contributed by atoms with Gasteiger partial charge in [0.2, 0.25) is 0 Å². The molecule has 0 bridgehead atoms. The zero-order chi connectivity index (χ0) is 21.5. The van der Waals surface area contributed by atoms with Gasteiger partial charge in [0.25, 0.3) is 0 Å². The number of allylic oxidation sites excluding steroid dienone is 2. The molecule has 5 heterocycles. The molecule has 0 saturated carbocycles. The Kier molecular flexibility index (Phi) is 4.88. The fourth-order valence-corrected chi connectivity index (χ4v) is 4.69. The van der Waals surface area contributed by atoms with Gasteiger partial charge in [-0.05, 0) is 43.9 Å². The number of hydrogen-bond donors (Lipinski definition) is 1. The normalized spacial score (nSPS) is 19.5. The maximum Gasteiger partial charge on any atom is 0.334 e. The molecule has 0 amide bonds. The van der Waals surface area contributed by atoms with Crippen LogP contribution in [0.5, 0.6) is 0 Å². The lowest BCUT2D eigenvalue weighted by atomic mass is 10.0. The highest BCUT2D eigenvalue weighted by atomic mass is 16.6. The molecular weight excluding hydrogens is 406 g/mol. The Morgan fingerprint density at radius 3 is 2.88 bits per heavy atom. The van der Waals surface area contributed by atoms with Gasteiger partial charge in [0.1, 0.15) is 5.65 Å². The second-order valence-electron chi connectivity index (χ2n) is 8.44. The van der Waals surface area contributed by atoms with Crippen molar-refractivity contribution in [3.63, 3.8) is 0 Å². The van der Waals surface area contributed by atoms with E-state index in [1.165, 1.54) is 0 Å². The van der Waals surface area contributed by atoms with E-state index in [2.05, 4.69) is 22.1 Å². The van der Waals surface area contributed by atoms with E-state index in [9.17, 15) is 4.79 Å². The molecule has 32 heavy (non-hydrogen) atoms. The van der Waals surface area contributed by atoms with Crippen LogP contribution >= 0.6 is 0 Å². The first kappa shape index (κ1) is 19.5. The van der Waals surface area contributed by atoms with Crippen molar-refractivity contribution in [2.75, 3.05) is 19.8 Å². The van der Waals surface area contributed by atoms with Gasteiger partial charge < -0.3 is 14.5 Å². The molecule has 1 atom stereocenters. The van der Waals surface area contributed by atoms with E-state index in [0.717, 1.165) is 59.1 Å². The van der Waals surface area contributed by atoms with Crippen LogP contribution in [-0.2, 0) is 16.0 Å². The Hall–Kier alpha value is -3.23. The van der Waals surface area contributed by atoms with Crippen LogP contribution in [0.3, 0.4) is 0 Å². The molecule has 4 aromatic heterocycles. The number of fused-ring (bicyclic) bond motifs is 2. The number of nitrogens with zero attached hydrogens (tertiary/aromatic N) is 4. The number of pyridine rings is 2. The van der Waals surface area contributed by atoms with Crippen LogP contribution in [0.15, 0.2) is 47.7 Å². The first-order valence-corrected chi connectivity index (χ1v) is 11.2. The average molecular weight is 431 g/mol. The van der Waals surface area contributed by atoms with Crippen LogP contribution in [0.25, 0.3) is 39.0 Å². The lowest BCUT2D eigenvalue weighted by Gasteiger charge is -2.23. The van der Waals surface area contributed by atoms with Crippen molar-refractivity contribution in [2.24, 2.45) is 0 Å². The quantitative estimate of drug-likeness (QED) is 0.534. The smallest absolute Gasteiger partial charge is 0.334 e. The Morgan fingerprint density at radius 1 is 1.12 bits per heavy atom. The second kappa shape index (κ2) is 8.03. The molecule has 1 fully saturated rings. The maximum atomic E-state index is 13.6. The van der Waals surface area contributed by atoms with Crippen molar-refractivity contribution in [2.45, 2.75) is 38.3 Å². The molecule has 0 spiro atoms. The molecule has 1 N–H and O–H groups in total. The Balaban J connectivity index is 1.50. The number of hydrogen-bond acceptors (Lipinski definition) is 5. The first-order valence-electron chi connectivity index (χ1n) is 11.2. The van der Waals surface area contributed by atoms with Crippen molar-refractivity contribution in [3.05, 3.63) is 53.3 Å². The monoisotopic (exact) mass is 431 g/mol. The van der Waals surface area contributed by atoms with E-state index in [1.807, 2.05) is 30.7 Å². The molecule has 0 radical (unpaired) electrons. The largest absolute Gasteiger partial charge is 0.376 e. The van der Waals surface area contributed by atoms with Crippen LogP contribution in [0.1, 0.15) is 25.7 Å². The van der Waals surface area contributed by atoms with Gasteiger partial charge in [-0.25, -0.2) is 19.3 Å². The number of imidazole rings is 1. The van der Waals surface area contributed by atoms with Crippen LogP contribution in [0, 0.1) is 0 Å². The van der Waals surface area contributed by atoms with Gasteiger partial charge in [-0.3, -0.25) is 4.57 Å². The molecule has 1 saturated heterocycles. The van der Waals surface area contributed by atoms with Gasteiger partial charge in [-0.15, -0.1) is 0 Å². The molecular formula is C24H25N5O3. The summed E-state index contributed by atoms with van der Waals surface area (Å²) >= 11 is 0. The van der Waals surface area contributed by atoms with Gasteiger partial charge in [-0.2, -0.15) is 0 Å². The van der Waals surface area contributed by atoms with Crippen molar-refractivity contribution >= 4 is 27.9 Å². The van der Waals surface area contributed by atoms with E-state index in [-0.39, 0.29) is 11.8 Å². The van der Waals surface area contributed by atoms with Gasteiger partial charge >= 0.3 is 5.69 Å². The summed E-state index contributed by atoms with van der Waals surface area (Å²) in [6.07, 6.45) is 11.7. The minimum atomic E-state index is -0.151. The van der Waals surface area contributed by atoms with Crippen molar-refractivity contribution in [3.8, 4) is 11.1 Å². The molecule has 8 nitrogen and oxygen atoms in total. The van der Waals surface area contributed by atoms with Gasteiger partial charge in [0, 0.05) is 40.8 Å². The third-order valence-electron chi connectivity index (χ3n) is 6.33. The summed E-state index contributed by atoms with van der Waals surface area (Å²) in [7, 11) is 0. The van der Waals surface area contributed by atoms with Crippen molar-refractivity contribution < 1.29 is 9.47 Å². The van der Waals surface area contributed by atoms with Gasteiger partial charge in [0.15, 0.2) is 5.65 Å². The van der Waals surface area contributed by atoms with Gasteiger partial charge in [-0.1, -0.05) is 6.08 Å². The summed E-state index contributed by atoms with van der Waals surface area (Å²) in [4.78, 5) is 26.0. The lowest BCUT2D eigenvalue weighted by Crippen LogP contribution is -2.36. The molecule has 4 aromatic rings. The third-order valence-corrected chi connectivity index (χ3v) is 6.33. The summed E-state index contributed by atoms with van der Waals surface area (Å²) in [5.41, 5.74) is 5.23. The summed E-state index contributed by atoms with van der Waals surface area (Å²) in [5.74, 6) is 0. The molecule has 0 unspecified atom stereocenters. The number of aromatic amines is 1. The number of rotatable bonds is 4. The van der Waals surface area contributed by atoms with E-state index >= 15 is 0 Å². The van der Waals surface area contributed by atoms with Gasteiger partial charge in [0.05, 0.1) is 38.0 Å². The van der Waals surface area contributed by atoms with E-state index in [0.29, 0.717) is 32.0 Å². The molecule has 1 aliphatic heterocycles. The predicted octanol–water partition coefficient (Wildman–Crippen LogP) is 3.57. The highest BCUT2D eigenvalue weighted by molar-refractivity contribution is 5.85. The van der Waals surface area contributed by atoms with E-state index in [1.54, 1.807) is 9.13 Å². The first-order chi connectivity index (χ1) is 15.8. The fraction of sp³-hybridized carbons (Fsp3) is 0.375. The van der Waals surface area contributed by atoms with Crippen LogP contribution in [0.2, 0.25) is 0 Å². The van der Waals surface area contributed by atoms with Crippen LogP contribution < -0.4 is 5.69 Å². The fourth-order valence-electron chi connectivity index (χ4n) is 4.69. The standard InChI is InChI=1S/C24H25N5O3/c30-24-28(14-20-15-31-8-9-32-20)21-11-18(17-10-16-6-7-25-22(16)26-12-17)13-27-23(21)29(24)19-4-2-1-3-5-19/h4,6-7,10-13,20H,1-3,5,8-9,14-15H2,(H,25,26)/t20-/m1/s1. The second-order valence-corrected chi connectivity index (χ2v) is 8.44. The average Bonchev–Trinajstić information content (AvgIpc) is 3.42. The van der Waals surface area contributed by atoms with E-state index < -0.39 is 0 Å². The molecule has 6 rings (SSSR count). The summed E-state index contributed by atoms with van der Waals surface area (Å²) < 4.78 is 15.0. The topological polar surface area (TPSA) is 87.0 Å². The number of nitrogens with one attached hydrogen (secondary N) is 1. The maximum absolute atomic E-state index is 13.6.